The molecule has 0 bridgehead atoms. The first kappa shape index (κ1) is 19.6. The van der Waals surface area contributed by atoms with Gasteiger partial charge in [0.2, 0.25) is 0 Å². The first-order chi connectivity index (χ1) is 9.81. The fourth-order valence-electron chi connectivity index (χ4n) is 1.16. The SMILES string of the molecule is CC(C)(C)OC([O-])=NCCOCCOCCNCC(=O)O. The largest absolute Gasteiger partial charge is 0.595 e. The Morgan fingerprint density at radius 3 is 2.38 bits per heavy atom. The Kier molecular flexibility index (Phi) is 10.6. The summed E-state index contributed by atoms with van der Waals surface area (Å²) in [5.41, 5.74) is -0.538. The molecular formula is C13H25N2O6-. The van der Waals surface area contributed by atoms with Crippen LogP contribution >= 0.6 is 0 Å². The van der Waals surface area contributed by atoms with Gasteiger partial charge in [-0.15, -0.1) is 0 Å². The highest BCUT2D eigenvalue weighted by molar-refractivity contribution is 5.68. The fraction of sp³-hybridized carbons (Fsp3) is 0.846. The Morgan fingerprint density at radius 1 is 1.19 bits per heavy atom. The Bertz CT molecular complexity index is 314. The van der Waals surface area contributed by atoms with Crippen LogP contribution in [0.15, 0.2) is 4.99 Å². The van der Waals surface area contributed by atoms with Crippen LogP contribution in [-0.4, -0.2) is 68.8 Å². The van der Waals surface area contributed by atoms with Gasteiger partial charge in [0.25, 0.3) is 0 Å². The van der Waals surface area contributed by atoms with Gasteiger partial charge in [-0.25, -0.2) is 0 Å². The average molecular weight is 305 g/mol. The molecule has 0 radical (unpaired) electrons. The maximum Gasteiger partial charge on any atom is 0.317 e. The van der Waals surface area contributed by atoms with E-state index in [1.807, 2.05) is 0 Å². The van der Waals surface area contributed by atoms with Crippen LogP contribution in [0, 0.1) is 0 Å². The maximum absolute atomic E-state index is 11.2. The molecule has 0 heterocycles. The Hall–Kier alpha value is -1.38. The zero-order valence-corrected chi connectivity index (χ0v) is 12.9. The molecule has 8 nitrogen and oxygen atoms in total. The summed E-state index contributed by atoms with van der Waals surface area (Å²) >= 11 is 0. The van der Waals surface area contributed by atoms with Crippen LogP contribution in [0.2, 0.25) is 0 Å². The molecule has 0 atom stereocenters. The topological polar surface area (TPSA) is 112 Å². The molecule has 0 aliphatic heterocycles. The Morgan fingerprint density at radius 2 is 1.81 bits per heavy atom. The molecule has 0 aliphatic carbocycles. The number of nitrogens with zero attached hydrogens (tertiary/aromatic N) is 1. The second kappa shape index (κ2) is 11.3. The summed E-state index contributed by atoms with van der Waals surface area (Å²) in [7, 11) is 0. The summed E-state index contributed by atoms with van der Waals surface area (Å²) in [5, 5.41) is 22.3. The molecule has 2 N–H and O–H groups in total. The molecule has 21 heavy (non-hydrogen) atoms. The molecule has 0 saturated heterocycles. The van der Waals surface area contributed by atoms with Crippen molar-refractivity contribution in [3.8, 4) is 0 Å². The Balaban J connectivity index is 3.33. The van der Waals surface area contributed by atoms with Gasteiger partial charge in [0.05, 0.1) is 39.5 Å². The summed E-state index contributed by atoms with van der Waals surface area (Å²) < 4.78 is 15.4. The van der Waals surface area contributed by atoms with Crippen molar-refractivity contribution < 1.29 is 29.2 Å². The van der Waals surface area contributed by atoms with Crippen molar-refractivity contribution >= 4 is 12.1 Å². The number of rotatable bonds is 11. The summed E-state index contributed by atoms with van der Waals surface area (Å²) in [4.78, 5) is 13.9. The van der Waals surface area contributed by atoms with E-state index in [0.29, 0.717) is 33.0 Å². The zero-order valence-electron chi connectivity index (χ0n) is 12.9. The van der Waals surface area contributed by atoms with E-state index in [2.05, 4.69) is 10.3 Å². The molecule has 0 aromatic carbocycles. The number of carboxylic acid groups (broad SMARTS) is 1. The third-order valence-corrected chi connectivity index (χ3v) is 1.94. The highest BCUT2D eigenvalue weighted by atomic mass is 16.6. The first-order valence-corrected chi connectivity index (χ1v) is 6.80. The molecule has 0 amide bonds. The number of hydrogen-bond donors (Lipinski definition) is 2. The van der Waals surface area contributed by atoms with E-state index in [0.717, 1.165) is 0 Å². The second-order valence-electron chi connectivity index (χ2n) is 5.16. The van der Waals surface area contributed by atoms with Crippen LogP contribution in [-0.2, 0) is 19.0 Å². The lowest BCUT2D eigenvalue weighted by molar-refractivity contribution is -0.260. The highest BCUT2D eigenvalue weighted by Crippen LogP contribution is 2.05. The van der Waals surface area contributed by atoms with E-state index in [9.17, 15) is 9.90 Å². The van der Waals surface area contributed by atoms with Gasteiger partial charge in [-0.2, -0.15) is 0 Å². The van der Waals surface area contributed by atoms with Crippen LogP contribution in [0.4, 0.5) is 0 Å². The lowest BCUT2D eigenvalue weighted by Gasteiger charge is -2.29. The lowest BCUT2D eigenvalue weighted by Crippen LogP contribution is -2.32. The number of aliphatic imine (C=N–C) groups is 1. The van der Waals surface area contributed by atoms with Gasteiger partial charge in [-0.3, -0.25) is 9.79 Å². The van der Waals surface area contributed by atoms with Gasteiger partial charge in [-0.05, 0) is 0 Å². The minimum atomic E-state index is -0.896. The minimum Gasteiger partial charge on any atom is -0.595 e. The maximum atomic E-state index is 11.2. The van der Waals surface area contributed by atoms with Gasteiger partial charge in [0.15, 0.2) is 0 Å². The summed E-state index contributed by atoms with van der Waals surface area (Å²) in [5.74, 6) is -0.896. The number of nitrogens with one attached hydrogen (secondary N) is 1. The summed E-state index contributed by atoms with van der Waals surface area (Å²) in [6.45, 7) is 7.50. The predicted octanol–water partition coefficient (Wildman–Crippen LogP) is -0.775. The molecule has 0 unspecified atom stereocenters. The zero-order chi connectivity index (χ0) is 16.1. The van der Waals surface area contributed by atoms with E-state index in [1.54, 1.807) is 20.8 Å². The van der Waals surface area contributed by atoms with Crippen molar-refractivity contribution in [2.75, 3.05) is 46.1 Å². The molecule has 0 spiro atoms. The van der Waals surface area contributed by atoms with Crippen molar-refractivity contribution in [3.05, 3.63) is 0 Å². The third-order valence-electron chi connectivity index (χ3n) is 1.94. The average Bonchev–Trinajstić information content (AvgIpc) is 2.33. The number of aliphatic carboxylic acids is 1. The minimum absolute atomic E-state index is 0.0774. The van der Waals surface area contributed by atoms with Gasteiger partial charge in [-0.1, -0.05) is 20.8 Å². The van der Waals surface area contributed by atoms with Crippen molar-refractivity contribution in [2.24, 2.45) is 4.99 Å². The summed E-state index contributed by atoms with van der Waals surface area (Å²) in [6, 6.07) is 0. The van der Waals surface area contributed by atoms with E-state index in [4.69, 9.17) is 19.3 Å². The number of hydrogen-bond acceptors (Lipinski definition) is 7. The lowest BCUT2D eigenvalue weighted by atomic mass is 10.2. The second-order valence-corrected chi connectivity index (χ2v) is 5.16. The van der Waals surface area contributed by atoms with Gasteiger partial charge in [0.1, 0.15) is 6.08 Å². The first-order valence-electron chi connectivity index (χ1n) is 6.80. The molecule has 0 saturated carbocycles. The van der Waals surface area contributed by atoms with E-state index < -0.39 is 17.7 Å². The van der Waals surface area contributed by atoms with Crippen molar-refractivity contribution in [1.29, 1.82) is 0 Å². The van der Waals surface area contributed by atoms with Gasteiger partial charge in [0, 0.05) is 12.1 Å². The molecular weight excluding hydrogens is 280 g/mol. The normalized spacial score (nSPS) is 12.4. The quantitative estimate of drug-likeness (QED) is 0.293. The van der Waals surface area contributed by atoms with Gasteiger partial charge >= 0.3 is 5.97 Å². The van der Waals surface area contributed by atoms with Crippen LogP contribution in [0.5, 0.6) is 0 Å². The molecule has 124 valence electrons. The van der Waals surface area contributed by atoms with E-state index in [1.165, 1.54) is 0 Å². The highest BCUT2D eigenvalue weighted by Gasteiger charge is 2.03. The molecule has 0 aliphatic rings. The number of carboxylic acids is 1. The standard InChI is InChI=1S/C13H26N2O6/c1-13(2,3)21-12(18)15-5-7-20-9-8-19-6-4-14-10-11(16)17/h14H,4-10H2,1-3H3,(H,15,18)(H,16,17)/p-1. The predicted molar refractivity (Wildman–Crippen MR) is 75.3 cm³/mol. The van der Waals surface area contributed by atoms with Gasteiger partial charge < -0.3 is 29.7 Å². The molecule has 0 fully saturated rings. The smallest absolute Gasteiger partial charge is 0.317 e. The molecule has 0 aromatic heterocycles. The molecule has 0 rings (SSSR count). The van der Waals surface area contributed by atoms with Crippen molar-refractivity contribution in [3.63, 3.8) is 0 Å². The van der Waals surface area contributed by atoms with Crippen LogP contribution in [0.1, 0.15) is 20.8 Å². The van der Waals surface area contributed by atoms with Crippen LogP contribution in [0.3, 0.4) is 0 Å². The van der Waals surface area contributed by atoms with E-state index in [-0.39, 0.29) is 13.1 Å². The fourth-order valence-corrected chi connectivity index (χ4v) is 1.16. The number of ether oxygens (including phenoxy) is 3. The summed E-state index contributed by atoms with van der Waals surface area (Å²) in [6.07, 6.45) is -0.591. The number of carbonyl (C=O) groups is 1. The van der Waals surface area contributed by atoms with E-state index >= 15 is 0 Å². The Labute approximate surface area is 125 Å². The monoisotopic (exact) mass is 305 g/mol. The van der Waals surface area contributed by atoms with Crippen molar-refractivity contribution in [2.45, 2.75) is 26.4 Å². The van der Waals surface area contributed by atoms with Crippen molar-refractivity contribution in [1.82, 2.24) is 5.32 Å². The molecule has 0 aromatic rings. The third kappa shape index (κ3) is 16.6. The molecule has 8 heteroatoms. The van der Waals surface area contributed by atoms with Crippen LogP contribution in [0.25, 0.3) is 0 Å². The van der Waals surface area contributed by atoms with Crippen LogP contribution < -0.4 is 10.4 Å².